The average Bonchev–Trinajstić information content (AvgIpc) is 2.55. The number of hydrogen-bond donors (Lipinski definition) is 2. The molecule has 0 radical (unpaired) electrons. The number of nitrogens with one attached hydrogen (secondary N) is 1. The summed E-state index contributed by atoms with van der Waals surface area (Å²) in [5.74, 6) is 0.793. The summed E-state index contributed by atoms with van der Waals surface area (Å²) in [6.45, 7) is 6.67. The Kier molecular flexibility index (Phi) is 9.15. The molecule has 0 aliphatic carbocycles. The van der Waals surface area contributed by atoms with Crippen molar-refractivity contribution in [2.75, 3.05) is 32.4 Å². The van der Waals surface area contributed by atoms with Gasteiger partial charge in [-0.3, -0.25) is 9.79 Å². The molecule has 8 heteroatoms. The molecule has 1 aromatic rings. The van der Waals surface area contributed by atoms with Gasteiger partial charge in [0.1, 0.15) is 5.82 Å². The first kappa shape index (κ1) is 23.0. The van der Waals surface area contributed by atoms with Crippen LogP contribution in [0.15, 0.2) is 29.3 Å². The molecule has 0 bridgehead atoms. The maximum Gasteiger partial charge on any atom is 0.222 e. The van der Waals surface area contributed by atoms with Gasteiger partial charge in [0.2, 0.25) is 5.91 Å². The summed E-state index contributed by atoms with van der Waals surface area (Å²) in [5.41, 5.74) is 6.44. The summed E-state index contributed by atoms with van der Waals surface area (Å²) in [4.78, 5) is 18.4. The molecule has 1 heterocycles. The van der Waals surface area contributed by atoms with Crippen molar-refractivity contribution in [3.63, 3.8) is 0 Å². The highest BCUT2D eigenvalue weighted by Gasteiger charge is 2.29. The van der Waals surface area contributed by atoms with Gasteiger partial charge in [-0.2, -0.15) is 11.8 Å². The van der Waals surface area contributed by atoms with E-state index in [-0.39, 0.29) is 46.4 Å². The van der Waals surface area contributed by atoms with Crippen LogP contribution < -0.4 is 11.1 Å². The number of halogens is 2. The van der Waals surface area contributed by atoms with Gasteiger partial charge in [0.15, 0.2) is 5.96 Å². The van der Waals surface area contributed by atoms with Gasteiger partial charge in [-0.25, -0.2) is 4.39 Å². The van der Waals surface area contributed by atoms with Crippen molar-refractivity contribution in [2.24, 2.45) is 16.6 Å². The maximum absolute atomic E-state index is 13.0. The zero-order valence-electron chi connectivity index (χ0n) is 15.5. The van der Waals surface area contributed by atoms with Crippen LogP contribution in [0.25, 0.3) is 0 Å². The topological polar surface area (TPSA) is 70.7 Å². The van der Waals surface area contributed by atoms with E-state index in [9.17, 15) is 9.18 Å². The van der Waals surface area contributed by atoms with Gasteiger partial charge >= 0.3 is 0 Å². The Balaban J connectivity index is 0.00000338. The number of nitrogens with two attached hydrogens (primary N) is 1. The Bertz CT molecular complexity index is 624. The molecular weight excluding hydrogens is 466 g/mol. The van der Waals surface area contributed by atoms with E-state index in [1.807, 2.05) is 11.8 Å². The number of carbonyl (C=O) groups excluding carboxylic acids is 1. The number of thioether (sulfide) groups is 1. The third-order valence-electron chi connectivity index (χ3n) is 4.24. The Morgan fingerprint density at radius 1 is 1.42 bits per heavy atom. The fourth-order valence-corrected chi connectivity index (χ4v) is 4.03. The van der Waals surface area contributed by atoms with Gasteiger partial charge in [0.25, 0.3) is 0 Å². The van der Waals surface area contributed by atoms with Crippen LogP contribution in [0.1, 0.15) is 19.4 Å². The molecule has 3 N–H and O–H groups in total. The lowest BCUT2D eigenvalue weighted by molar-refractivity contribution is -0.121. The molecule has 1 unspecified atom stereocenters. The highest BCUT2D eigenvalue weighted by atomic mass is 127. The highest BCUT2D eigenvalue weighted by Crippen LogP contribution is 2.29. The van der Waals surface area contributed by atoms with Crippen LogP contribution in [-0.2, 0) is 11.2 Å². The molecule has 1 saturated heterocycles. The van der Waals surface area contributed by atoms with Crippen LogP contribution in [0.4, 0.5) is 4.39 Å². The van der Waals surface area contributed by atoms with Crippen LogP contribution in [0.3, 0.4) is 0 Å². The lowest BCUT2D eigenvalue weighted by atomic mass is 9.98. The number of hydrogen-bond acceptors (Lipinski definition) is 3. The molecule has 1 atom stereocenters. The SMILES string of the molecule is CN=C(NCC(Cc1ccc(F)cc1)C(N)=O)N1CCSC(C)(C)C1.I. The minimum atomic E-state index is -0.380. The molecule has 1 aliphatic heterocycles. The van der Waals surface area contributed by atoms with E-state index in [2.05, 4.69) is 29.1 Å². The smallest absolute Gasteiger partial charge is 0.222 e. The van der Waals surface area contributed by atoms with Crippen LogP contribution in [0.5, 0.6) is 0 Å². The third kappa shape index (κ3) is 6.94. The van der Waals surface area contributed by atoms with E-state index < -0.39 is 0 Å². The Morgan fingerprint density at radius 3 is 2.62 bits per heavy atom. The van der Waals surface area contributed by atoms with Gasteiger partial charge in [-0.1, -0.05) is 12.1 Å². The number of carbonyl (C=O) groups is 1. The molecule has 0 spiro atoms. The molecule has 0 saturated carbocycles. The lowest BCUT2D eigenvalue weighted by Crippen LogP contribution is -2.52. The zero-order valence-corrected chi connectivity index (χ0v) is 18.6. The first-order chi connectivity index (χ1) is 11.8. The number of guanidine groups is 1. The quantitative estimate of drug-likeness (QED) is 0.375. The number of nitrogens with zero attached hydrogens (tertiary/aromatic N) is 2. The molecule has 5 nitrogen and oxygen atoms in total. The first-order valence-corrected chi connectivity index (χ1v) is 9.42. The molecule has 2 rings (SSSR count). The van der Waals surface area contributed by atoms with E-state index >= 15 is 0 Å². The minimum absolute atomic E-state index is 0. The van der Waals surface area contributed by atoms with Crippen LogP contribution in [-0.4, -0.2) is 53.9 Å². The summed E-state index contributed by atoms with van der Waals surface area (Å²) < 4.78 is 13.2. The van der Waals surface area contributed by atoms with Gasteiger partial charge in [-0.15, -0.1) is 24.0 Å². The van der Waals surface area contributed by atoms with Crippen LogP contribution in [0, 0.1) is 11.7 Å². The predicted octanol–water partition coefficient (Wildman–Crippen LogP) is 2.49. The standard InChI is InChI=1S/C18H27FN4OS.HI/c1-18(2)12-23(8-9-25-18)17(21-3)22-11-14(16(20)24)10-13-4-6-15(19)7-5-13;/h4-7,14H,8-12H2,1-3H3,(H2,20,24)(H,21,22);1H. The Labute approximate surface area is 176 Å². The summed E-state index contributed by atoms with van der Waals surface area (Å²) in [6, 6.07) is 6.16. The lowest BCUT2D eigenvalue weighted by Gasteiger charge is -2.39. The summed E-state index contributed by atoms with van der Waals surface area (Å²) in [6.07, 6.45) is 0.473. The molecular formula is C18H28FIN4OS. The monoisotopic (exact) mass is 494 g/mol. The van der Waals surface area contributed by atoms with Gasteiger partial charge in [-0.05, 0) is 38.0 Å². The van der Waals surface area contributed by atoms with Crippen molar-refractivity contribution in [3.05, 3.63) is 35.6 Å². The maximum atomic E-state index is 13.0. The van der Waals surface area contributed by atoms with Gasteiger partial charge in [0, 0.05) is 37.2 Å². The third-order valence-corrected chi connectivity index (χ3v) is 5.54. The highest BCUT2D eigenvalue weighted by molar-refractivity contribution is 14.0. The molecule has 1 amide bonds. The van der Waals surface area contributed by atoms with Gasteiger partial charge in [0.05, 0.1) is 5.92 Å². The number of benzene rings is 1. The van der Waals surface area contributed by atoms with E-state index in [0.717, 1.165) is 30.4 Å². The summed E-state index contributed by atoms with van der Waals surface area (Å²) in [7, 11) is 1.75. The van der Waals surface area contributed by atoms with E-state index in [0.29, 0.717) is 13.0 Å². The fraction of sp³-hybridized carbons (Fsp3) is 0.556. The van der Waals surface area contributed by atoms with Crippen molar-refractivity contribution in [1.82, 2.24) is 10.2 Å². The minimum Gasteiger partial charge on any atom is -0.369 e. The normalized spacial score (nSPS) is 18.0. The largest absolute Gasteiger partial charge is 0.369 e. The molecule has 1 aromatic carbocycles. The second-order valence-electron chi connectivity index (χ2n) is 6.89. The van der Waals surface area contributed by atoms with Gasteiger partial charge < -0.3 is 16.0 Å². The van der Waals surface area contributed by atoms with E-state index in [4.69, 9.17) is 5.73 Å². The van der Waals surface area contributed by atoms with Crippen molar-refractivity contribution >= 4 is 47.6 Å². The van der Waals surface area contributed by atoms with E-state index in [1.54, 1.807) is 19.2 Å². The molecule has 0 aromatic heterocycles. The van der Waals surface area contributed by atoms with E-state index in [1.165, 1.54) is 12.1 Å². The average molecular weight is 494 g/mol. The number of amides is 1. The first-order valence-electron chi connectivity index (χ1n) is 8.44. The van der Waals surface area contributed by atoms with Crippen molar-refractivity contribution in [2.45, 2.75) is 25.0 Å². The Morgan fingerprint density at radius 2 is 2.08 bits per heavy atom. The second-order valence-corrected chi connectivity index (χ2v) is 8.69. The van der Waals surface area contributed by atoms with Crippen molar-refractivity contribution < 1.29 is 9.18 Å². The summed E-state index contributed by atoms with van der Waals surface area (Å²) in [5, 5.41) is 3.28. The van der Waals surface area contributed by atoms with Crippen molar-refractivity contribution in [1.29, 1.82) is 0 Å². The summed E-state index contributed by atoms with van der Waals surface area (Å²) >= 11 is 1.96. The molecule has 1 fully saturated rings. The van der Waals surface area contributed by atoms with Crippen LogP contribution in [0.2, 0.25) is 0 Å². The number of rotatable bonds is 5. The predicted molar refractivity (Wildman–Crippen MR) is 118 cm³/mol. The van der Waals surface area contributed by atoms with Crippen LogP contribution >= 0.6 is 35.7 Å². The molecule has 146 valence electrons. The second kappa shape index (κ2) is 10.3. The van der Waals surface area contributed by atoms with Crippen molar-refractivity contribution in [3.8, 4) is 0 Å². The number of aliphatic imine (C=N–C) groups is 1. The Hall–Kier alpha value is -1.03. The molecule has 1 aliphatic rings. The number of primary amides is 1. The zero-order chi connectivity index (χ0) is 18.4. The fourth-order valence-electron chi connectivity index (χ4n) is 2.92. The molecule has 26 heavy (non-hydrogen) atoms.